The van der Waals surface area contributed by atoms with Gasteiger partial charge < -0.3 is 14.5 Å². The fourth-order valence-electron chi connectivity index (χ4n) is 5.76. The standard InChI is InChI=1S/C32H33ClF2N2O2S2/c1-36(2)21-10-12-22(13-11-21)37(32(38)31-29(33)28-24(34)14-15-25(35)30(28)41-31)18-20-17-19(9-16-26(20)39-3)23-7-5-6-8-27(23)40-4/h5-9,14-17,21-22H,10-13,18H2,1-4H3. The molecule has 0 N–H and O–H groups in total. The number of hydrogen-bond donors (Lipinski definition) is 0. The molecule has 1 aliphatic carbocycles. The molecule has 1 saturated carbocycles. The summed E-state index contributed by atoms with van der Waals surface area (Å²) in [6, 6.07) is 16.8. The number of methoxy groups -OCH3 is 1. The highest BCUT2D eigenvalue weighted by molar-refractivity contribution is 7.98. The van der Waals surface area contributed by atoms with Gasteiger partial charge in [0.05, 0.1) is 22.2 Å². The number of ether oxygens (including phenoxy) is 1. The number of amides is 1. The zero-order chi connectivity index (χ0) is 29.3. The Kier molecular flexibility index (Phi) is 9.24. The summed E-state index contributed by atoms with van der Waals surface area (Å²) in [6.45, 7) is 0.282. The number of halogens is 3. The molecule has 0 unspecified atom stereocenters. The summed E-state index contributed by atoms with van der Waals surface area (Å²) >= 11 is 9.19. The van der Waals surface area contributed by atoms with Gasteiger partial charge in [0.25, 0.3) is 5.91 Å². The summed E-state index contributed by atoms with van der Waals surface area (Å²) in [7, 11) is 5.78. The second-order valence-corrected chi connectivity index (χ2v) is 12.8. The minimum Gasteiger partial charge on any atom is -0.496 e. The van der Waals surface area contributed by atoms with Crippen molar-refractivity contribution in [2.24, 2.45) is 0 Å². The lowest BCUT2D eigenvalue weighted by Gasteiger charge is -2.39. The summed E-state index contributed by atoms with van der Waals surface area (Å²) < 4.78 is 35.2. The molecular weight excluding hydrogens is 582 g/mol. The molecular formula is C32H33ClF2N2O2S2. The summed E-state index contributed by atoms with van der Waals surface area (Å²) in [4.78, 5) is 19.7. The summed E-state index contributed by atoms with van der Waals surface area (Å²) in [5.41, 5.74) is 2.99. The van der Waals surface area contributed by atoms with Crippen LogP contribution in [0, 0.1) is 11.6 Å². The average Bonchev–Trinajstić information content (AvgIpc) is 3.35. The van der Waals surface area contributed by atoms with E-state index in [2.05, 4.69) is 37.2 Å². The quantitative estimate of drug-likeness (QED) is 0.186. The second kappa shape index (κ2) is 12.7. The molecule has 0 bridgehead atoms. The van der Waals surface area contributed by atoms with Gasteiger partial charge in [0.1, 0.15) is 22.3 Å². The molecule has 1 aromatic heterocycles. The Morgan fingerprint density at radius 1 is 1.02 bits per heavy atom. The Balaban J connectivity index is 1.57. The van der Waals surface area contributed by atoms with Crippen molar-refractivity contribution in [3.63, 3.8) is 0 Å². The lowest BCUT2D eigenvalue weighted by Crippen LogP contribution is -2.44. The number of nitrogens with zero attached hydrogens (tertiary/aromatic N) is 2. The highest BCUT2D eigenvalue weighted by Crippen LogP contribution is 2.41. The van der Waals surface area contributed by atoms with Crippen LogP contribution in [0.1, 0.15) is 40.9 Å². The Morgan fingerprint density at radius 2 is 1.71 bits per heavy atom. The van der Waals surface area contributed by atoms with E-state index in [1.54, 1.807) is 18.9 Å². The third kappa shape index (κ3) is 5.98. The topological polar surface area (TPSA) is 32.8 Å². The maximum Gasteiger partial charge on any atom is 0.266 e. The molecule has 0 atom stereocenters. The molecule has 4 nitrogen and oxygen atoms in total. The van der Waals surface area contributed by atoms with E-state index >= 15 is 0 Å². The van der Waals surface area contributed by atoms with Crippen LogP contribution in [-0.4, -0.2) is 55.3 Å². The molecule has 0 radical (unpaired) electrons. The van der Waals surface area contributed by atoms with Crippen LogP contribution < -0.4 is 4.74 Å². The summed E-state index contributed by atoms with van der Waals surface area (Å²) in [6.07, 6.45) is 5.58. The van der Waals surface area contributed by atoms with Crippen molar-refractivity contribution in [2.75, 3.05) is 27.5 Å². The summed E-state index contributed by atoms with van der Waals surface area (Å²) in [5, 5.41) is -0.0712. The van der Waals surface area contributed by atoms with Crippen LogP contribution in [0.4, 0.5) is 8.78 Å². The average molecular weight is 615 g/mol. The van der Waals surface area contributed by atoms with Gasteiger partial charge in [0.15, 0.2) is 0 Å². The molecule has 1 fully saturated rings. The van der Waals surface area contributed by atoms with Gasteiger partial charge in [-0.05, 0) is 87.5 Å². The van der Waals surface area contributed by atoms with Gasteiger partial charge in [-0.2, -0.15) is 0 Å². The van der Waals surface area contributed by atoms with Gasteiger partial charge in [0.2, 0.25) is 0 Å². The first-order chi connectivity index (χ1) is 19.7. The number of benzene rings is 3. The van der Waals surface area contributed by atoms with Gasteiger partial charge in [-0.1, -0.05) is 35.9 Å². The fraction of sp³-hybridized carbons (Fsp3) is 0.344. The number of thioether (sulfide) groups is 1. The van der Waals surface area contributed by atoms with E-state index in [1.165, 1.54) is 0 Å². The number of carbonyl (C=O) groups is 1. The predicted octanol–water partition coefficient (Wildman–Crippen LogP) is 8.75. The SMILES string of the molecule is COc1ccc(-c2ccccc2SC)cc1CN(C(=O)c1sc2c(F)ccc(F)c2c1Cl)C1CCC(N(C)C)CC1. The van der Waals surface area contributed by atoms with Crippen molar-refractivity contribution in [3.05, 3.63) is 81.7 Å². The van der Waals surface area contributed by atoms with Crippen molar-refractivity contribution in [2.45, 2.75) is 49.2 Å². The lowest BCUT2D eigenvalue weighted by atomic mass is 9.89. The zero-order valence-corrected chi connectivity index (χ0v) is 25.9. The van der Waals surface area contributed by atoms with Crippen LogP contribution in [0.15, 0.2) is 59.5 Å². The number of thiophene rings is 1. The van der Waals surface area contributed by atoms with E-state index in [9.17, 15) is 13.6 Å². The molecule has 41 heavy (non-hydrogen) atoms. The Hall–Kier alpha value is -2.65. The first kappa shape index (κ1) is 29.8. The fourth-order valence-corrected chi connectivity index (χ4v) is 7.88. The molecule has 0 aliphatic heterocycles. The number of hydrogen-bond acceptors (Lipinski definition) is 5. The second-order valence-electron chi connectivity index (χ2n) is 10.6. The molecule has 0 saturated heterocycles. The van der Waals surface area contributed by atoms with Crippen molar-refractivity contribution >= 4 is 50.7 Å². The van der Waals surface area contributed by atoms with E-state index in [0.29, 0.717) is 11.8 Å². The number of carbonyl (C=O) groups excluding carboxylic acids is 1. The van der Waals surface area contributed by atoms with Gasteiger partial charge in [-0.15, -0.1) is 23.1 Å². The Morgan fingerprint density at radius 3 is 2.37 bits per heavy atom. The first-order valence-electron chi connectivity index (χ1n) is 13.6. The number of fused-ring (bicyclic) bond motifs is 1. The molecule has 1 heterocycles. The zero-order valence-electron chi connectivity index (χ0n) is 23.5. The van der Waals surface area contributed by atoms with Crippen molar-refractivity contribution in [1.29, 1.82) is 0 Å². The van der Waals surface area contributed by atoms with E-state index in [0.717, 1.165) is 70.7 Å². The molecule has 216 valence electrons. The third-order valence-electron chi connectivity index (χ3n) is 8.01. The number of rotatable bonds is 8. The minimum absolute atomic E-state index is 0.0337. The van der Waals surface area contributed by atoms with Crippen LogP contribution in [0.25, 0.3) is 21.2 Å². The molecule has 9 heteroatoms. The molecule has 5 rings (SSSR count). The van der Waals surface area contributed by atoms with Gasteiger partial charge in [-0.25, -0.2) is 8.78 Å². The van der Waals surface area contributed by atoms with E-state index in [4.69, 9.17) is 16.3 Å². The van der Waals surface area contributed by atoms with Gasteiger partial charge >= 0.3 is 0 Å². The molecule has 1 aliphatic rings. The van der Waals surface area contributed by atoms with Crippen LogP contribution in [0.5, 0.6) is 5.75 Å². The van der Waals surface area contributed by atoms with Crippen LogP contribution in [0.3, 0.4) is 0 Å². The molecule has 3 aromatic carbocycles. The normalized spacial score (nSPS) is 17.3. The monoisotopic (exact) mass is 614 g/mol. The van der Waals surface area contributed by atoms with Crippen LogP contribution in [0.2, 0.25) is 5.02 Å². The Labute approximate surface area is 253 Å². The Bertz CT molecular complexity index is 1570. The molecule has 1 amide bonds. The van der Waals surface area contributed by atoms with Crippen LogP contribution >= 0.6 is 34.7 Å². The molecule has 0 spiro atoms. The molecule has 4 aromatic rings. The van der Waals surface area contributed by atoms with Gasteiger partial charge in [-0.3, -0.25) is 4.79 Å². The highest BCUT2D eigenvalue weighted by atomic mass is 35.5. The highest BCUT2D eigenvalue weighted by Gasteiger charge is 2.33. The predicted molar refractivity (Wildman–Crippen MR) is 167 cm³/mol. The minimum atomic E-state index is -0.637. The van der Waals surface area contributed by atoms with E-state index in [-0.39, 0.29) is 38.5 Å². The van der Waals surface area contributed by atoms with Crippen molar-refractivity contribution in [1.82, 2.24) is 9.80 Å². The lowest BCUT2D eigenvalue weighted by molar-refractivity contribution is 0.0573. The maximum atomic E-state index is 14.7. The van der Waals surface area contributed by atoms with Crippen molar-refractivity contribution < 1.29 is 18.3 Å². The summed E-state index contributed by atoms with van der Waals surface area (Å²) in [5.74, 6) is -0.872. The smallest absolute Gasteiger partial charge is 0.266 e. The maximum absolute atomic E-state index is 14.7. The van der Waals surface area contributed by atoms with E-state index in [1.807, 2.05) is 35.4 Å². The van der Waals surface area contributed by atoms with Crippen molar-refractivity contribution in [3.8, 4) is 16.9 Å². The van der Waals surface area contributed by atoms with E-state index < -0.39 is 11.6 Å². The largest absolute Gasteiger partial charge is 0.496 e. The third-order valence-corrected chi connectivity index (χ3v) is 10.5. The first-order valence-corrected chi connectivity index (χ1v) is 16.0. The van der Waals surface area contributed by atoms with Crippen LogP contribution in [-0.2, 0) is 6.54 Å². The van der Waals surface area contributed by atoms with Gasteiger partial charge in [0, 0.05) is 29.1 Å².